The molecule has 0 saturated carbocycles. The molecule has 108 valence electrons. The topological polar surface area (TPSA) is 21.3 Å². The van der Waals surface area contributed by atoms with Gasteiger partial charge in [0.05, 0.1) is 5.56 Å². The summed E-state index contributed by atoms with van der Waals surface area (Å²) in [5.41, 5.74) is 0.0682. The Bertz CT molecular complexity index is 366. The SMILES string of the molecule is COCCCCCNCc1cccc(C(F)(F)F)c1. The predicted molar refractivity (Wildman–Crippen MR) is 68.9 cm³/mol. The molecule has 0 spiro atoms. The second-order valence-corrected chi connectivity index (χ2v) is 4.43. The number of rotatable bonds is 8. The Hall–Kier alpha value is -1.07. The minimum absolute atomic E-state index is 0.466. The number of hydrogen-bond donors (Lipinski definition) is 1. The van der Waals surface area contributed by atoms with Gasteiger partial charge < -0.3 is 10.1 Å². The molecule has 0 heterocycles. The summed E-state index contributed by atoms with van der Waals surface area (Å²) in [6, 6.07) is 5.43. The summed E-state index contributed by atoms with van der Waals surface area (Å²) in [6.45, 7) is 2.03. The first-order valence-corrected chi connectivity index (χ1v) is 6.40. The lowest BCUT2D eigenvalue weighted by Gasteiger charge is -2.09. The molecule has 2 nitrogen and oxygen atoms in total. The molecule has 19 heavy (non-hydrogen) atoms. The molecular formula is C14H20F3NO. The van der Waals surface area contributed by atoms with E-state index in [0.717, 1.165) is 38.5 Å². The highest BCUT2D eigenvalue weighted by atomic mass is 19.4. The van der Waals surface area contributed by atoms with Crippen molar-refractivity contribution in [2.75, 3.05) is 20.3 Å². The zero-order valence-electron chi connectivity index (χ0n) is 11.1. The highest BCUT2D eigenvalue weighted by Gasteiger charge is 2.30. The molecule has 0 aromatic heterocycles. The Kier molecular flexibility index (Phi) is 6.87. The van der Waals surface area contributed by atoms with Crippen molar-refractivity contribution < 1.29 is 17.9 Å². The number of hydrogen-bond acceptors (Lipinski definition) is 2. The quantitative estimate of drug-likeness (QED) is 0.732. The van der Waals surface area contributed by atoms with Gasteiger partial charge in [-0.2, -0.15) is 13.2 Å². The van der Waals surface area contributed by atoms with Crippen LogP contribution in [0.2, 0.25) is 0 Å². The fourth-order valence-corrected chi connectivity index (χ4v) is 1.76. The van der Waals surface area contributed by atoms with Crippen LogP contribution in [-0.4, -0.2) is 20.3 Å². The fraction of sp³-hybridized carbons (Fsp3) is 0.571. The number of ether oxygens (including phenoxy) is 1. The lowest BCUT2D eigenvalue weighted by atomic mass is 10.1. The monoisotopic (exact) mass is 275 g/mol. The first-order valence-electron chi connectivity index (χ1n) is 6.40. The molecular weight excluding hydrogens is 255 g/mol. The summed E-state index contributed by atoms with van der Waals surface area (Å²) in [6.07, 6.45) is -1.19. The van der Waals surface area contributed by atoms with E-state index in [2.05, 4.69) is 5.32 Å². The molecule has 1 aromatic rings. The van der Waals surface area contributed by atoms with Crippen molar-refractivity contribution >= 4 is 0 Å². The summed E-state index contributed by atoms with van der Waals surface area (Å²) in [5.74, 6) is 0. The normalized spacial score (nSPS) is 11.8. The van der Waals surface area contributed by atoms with Crippen LogP contribution >= 0.6 is 0 Å². The third kappa shape index (κ3) is 6.59. The summed E-state index contributed by atoms with van der Waals surface area (Å²) in [7, 11) is 1.67. The Morgan fingerprint density at radius 1 is 1.16 bits per heavy atom. The predicted octanol–water partition coefficient (Wildman–Crippen LogP) is 3.61. The summed E-state index contributed by atoms with van der Waals surface area (Å²) in [4.78, 5) is 0. The van der Waals surface area contributed by atoms with Crippen molar-refractivity contribution in [1.29, 1.82) is 0 Å². The van der Waals surface area contributed by atoms with E-state index in [-0.39, 0.29) is 0 Å². The molecule has 0 aliphatic heterocycles. The maximum Gasteiger partial charge on any atom is 0.416 e. The fourth-order valence-electron chi connectivity index (χ4n) is 1.76. The third-order valence-corrected chi connectivity index (χ3v) is 2.79. The van der Waals surface area contributed by atoms with Gasteiger partial charge in [-0.1, -0.05) is 18.2 Å². The Morgan fingerprint density at radius 3 is 2.63 bits per heavy atom. The molecule has 0 aliphatic rings. The van der Waals surface area contributed by atoms with Gasteiger partial charge >= 0.3 is 6.18 Å². The van der Waals surface area contributed by atoms with Crippen LogP contribution in [0.25, 0.3) is 0 Å². The van der Waals surface area contributed by atoms with Gasteiger partial charge in [0.1, 0.15) is 0 Å². The lowest BCUT2D eigenvalue weighted by Crippen LogP contribution is -2.15. The zero-order valence-corrected chi connectivity index (χ0v) is 11.1. The molecule has 1 rings (SSSR count). The molecule has 1 N–H and O–H groups in total. The molecule has 0 aliphatic carbocycles. The van der Waals surface area contributed by atoms with E-state index in [1.807, 2.05) is 0 Å². The second-order valence-electron chi connectivity index (χ2n) is 4.43. The van der Waals surface area contributed by atoms with Crippen LogP contribution in [0, 0.1) is 0 Å². The maximum absolute atomic E-state index is 12.5. The lowest BCUT2D eigenvalue weighted by molar-refractivity contribution is -0.137. The van der Waals surface area contributed by atoms with Gasteiger partial charge in [-0.15, -0.1) is 0 Å². The largest absolute Gasteiger partial charge is 0.416 e. The van der Waals surface area contributed by atoms with Crippen LogP contribution < -0.4 is 5.32 Å². The zero-order chi connectivity index (χ0) is 14.1. The van der Waals surface area contributed by atoms with E-state index < -0.39 is 11.7 Å². The number of methoxy groups -OCH3 is 1. The van der Waals surface area contributed by atoms with Gasteiger partial charge in [0.2, 0.25) is 0 Å². The van der Waals surface area contributed by atoms with Crippen molar-refractivity contribution in [2.45, 2.75) is 32.0 Å². The van der Waals surface area contributed by atoms with E-state index in [1.54, 1.807) is 13.2 Å². The molecule has 5 heteroatoms. The first-order chi connectivity index (χ1) is 9.04. The molecule has 0 atom stereocenters. The van der Waals surface area contributed by atoms with Crippen molar-refractivity contribution in [3.05, 3.63) is 35.4 Å². The molecule has 0 amide bonds. The van der Waals surface area contributed by atoms with Crippen LogP contribution in [0.15, 0.2) is 24.3 Å². The van der Waals surface area contributed by atoms with Crippen LogP contribution in [0.4, 0.5) is 13.2 Å². The number of benzene rings is 1. The summed E-state index contributed by atoms with van der Waals surface area (Å²) < 4.78 is 42.4. The molecule has 0 radical (unpaired) electrons. The molecule has 0 unspecified atom stereocenters. The van der Waals surface area contributed by atoms with Gasteiger partial charge in [0.15, 0.2) is 0 Å². The van der Waals surface area contributed by atoms with Crippen LogP contribution in [0.3, 0.4) is 0 Å². The number of halogens is 3. The smallest absolute Gasteiger partial charge is 0.385 e. The average Bonchev–Trinajstić information content (AvgIpc) is 2.37. The molecule has 1 aromatic carbocycles. The average molecular weight is 275 g/mol. The Balaban J connectivity index is 2.26. The standard InChI is InChI=1S/C14H20F3NO/c1-19-9-4-2-3-8-18-11-12-6-5-7-13(10-12)14(15,16)17/h5-7,10,18H,2-4,8-9,11H2,1H3. The second kappa shape index (κ2) is 8.17. The third-order valence-electron chi connectivity index (χ3n) is 2.79. The highest BCUT2D eigenvalue weighted by molar-refractivity contribution is 5.25. The van der Waals surface area contributed by atoms with Crippen molar-refractivity contribution in [2.24, 2.45) is 0 Å². The van der Waals surface area contributed by atoms with E-state index in [9.17, 15) is 13.2 Å². The summed E-state index contributed by atoms with van der Waals surface area (Å²) >= 11 is 0. The van der Waals surface area contributed by atoms with Gasteiger partial charge in [0, 0.05) is 20.3 Å². The van der Waals surface area contributed by atoms with Crippen molar-refractivity contribution in [1.82, 2.24) is 5.32 Å². The van der Waals surface area contributed by atoms with E-state index in [4.69, 9.17) is 4.74 Å². The van der Waals surface area contributed by atoms with Gasteiger partial charge in [-0.25, -0.2) is 0 Å². The van der Waals surface area contributed by atoms with Crippen LogP contribution in [0.5, 0.6) is 0 Å². The highest BCUT2D eigenvalue weighted by Crippen LogP contribution is 2.29. The van der Waals surface area contributed by atoms with E-state index in [1.165, 1.54) is 12.1 Å². The maximum atomic E-state index is 12.5. The van der Waals surface area contributed by atoms with Gasteiger partial charge in [-0.05, 0) is 37.4 Å². The molecule has 0 saturated heterocycles. The molecule has 0 bridgehead atoms. The summed E-state index contributed by atoms with van der Waals surface area (Å²) in [5, 5.41) is 3.15. The van der Waals surface area contributed by atoms with Gasteiger partial charge in [0.25, 0.3) is 0 Å². The minimum Gasteiger partial charge on any atom is -0.385 e. The molecule has 0 fully saturated rings. The van der Waals surface area contributed by atoms with E-state index in [0.29, 0.717) is 12.1 Å². The van der Waals surface area contributed by atoms with E-state index >= 15 is 0 Å². The van der Waals surface area contributed by atoms with Gasteiger partial charge in [-0.3, -0.25) is 0 Å². The number of unbranched alkanes of at least 4 members (excludes halogenated alkanes) is 2. The number of nitrogens with one attached hydrogen (secondary N) is 1. The van der Waals surface area contributed by atoms with Crippen molar-refractivity contribution in [3.8, 4) is 0 Å². The Morgan fingerprint density at radius 2 is 1.95 bits per heavy atom. The number of alkyl halides is 3. The first kappa shape index (κ1) is 16.0. The Labute approximate surface area is 112 Å². The minimum atomic E-state index is -4.27. The van der Waals surface area contributed by atoms with Crippen LogP contribution in [-0.2, 0) is 17.5 Å². The van der Waals surface area contributed by atoms with Crippen LogP contribution in [0.1, 0.15) is 30.4 Å². The van der Waals surface area contributed by atoms with Crippen molar-refractivity contribution in [3.63, 3.8) is 0 Å².